The van der Waals surface area contributed by atoms with Crippen LogP contribution in [0.15, 0.2) is 23.7 Å². The van der Waals surface area contributed by atoms with Crippen LogP contribution in [0.5, 0.6) is 0 Å². The molecular formula is C12H13N3O2S. The number of hydrogen-bond donors (Lipinski definition) is 1. The molecule has 0 aliphatic heterocycles. The zero-order valence-electron chi connectivity index (χ0n) is 10.1. The Kier molecular flexibility index (Phi) is 3.57. The number of hydrogen-bond acceptors (Lipinski definition) is 5. The van der Waals surface area contributed by atoms with Crippen molar-refractivity contribution in [2.24, 2.45) is 0 Å². The summed E-state index contributed by atoms with van der Waals surface area (Å²) in [6, 6.07) is 5.17. The first-order valence-electron chi connectivity index (χ1n) is 5.46. The lowest BCUT2D eigenvalue weighted by Crippen LogP contribution is -2.02. The third-order valence-corrected chi connectivity index (χ3v) is 3.57. The molecule has 0 atom stereocenters. The smallest absolute Gasteiger partial charge is 0.292 e. The number of aryl methyl sites for hydroxylation is 2. The van der Waals surface area contributed by atoms with Crippen LogP contribution in [0.4, 0.5) is 11.4 Å². The highest BCUT2D eigenvalue weighted by Gasteiger charge is 2.13. The van der Waals surface area contributed by atoms with Gasteiger partial charge in [-0.25, -0.2) is 4.98 Å². The zero-order valence-corrected chi connectivity index (χ0v) is 11.0. The van der Waals surface area contributed by atoms with Gasteiger partial charge in [-0.15, -0.1) is 11.3 Å². The van der Waals surface area contributed by atoms with Crippen LogP contribution in [0.1, 0.15) is 16.1 Å². The maximum absolute atomic E-state index is 11.0. The van der Waals surface area contributed by atoms with E-state index in [9.17, 15) is 10.1 Å². The highest BCUT2D eigenvalue weighted by molar-refractivity contribution is 7.09. The molecule has 2 rings (SSSR count). The molecule has 18 heavy (non-hydrogen) atoms. The van der Waals surface area contributed by atoms with Crippen molar-refractivity contribution in [3.8, 4) is 0 Å². The Balaban J connectivity index is 2.19. The molecule has 1 aromatic carbocycles. The zero-order chi connectivity index (χ0) is 13.1. The van der Waals surface area contributed by atoms with Gasteiger partial charge in [-0.3, -0.25) is 10.1 Å². The van der Waals surface area contributed by atoms with E-state index in [-0.39, 0.29) is 10.6 Å². The molecule has 1 heterocycles. The predicted molar refractivity (Wildman–Crippen MR) is 72.0 cm³/mol. The summed E-state index contributed by atoms with van der Waals surface area (Å²) in [5, 5.41) is 14.1. The van der Waals surface area contributed by atoms with E-state index in [0.29, 0.717) is 12.2 Å². The molecule has 0 aliphatic rings. The molecule has 6 heteroatoms. The van der Waals surface area contributed by atoms with Crippen LogP contribution < -0.4 is 5.32 Å². The summed E-state index contributed by atoms with van der Waals surface area (Å²) in [6.45, 7) is 4.32. The number of aromatic nitrogens is 1. The largest absolute Gasteiger partial charge is 0.375 e. The number of anilines is 1. The SMILES string of the molecule is Cc1ccc(NCc2scnc2C)c([N+](=O)[O-])c1. The normalized spacial score (nSPS) is 10.3. The van der Waals surface area contributed by atoms with Crippen LogP contribution in [0.25, 0.3) is 0 Å². The Hall–Kier alpha value is -1.95. The summed E-state index contributed by atoms with van der Waals surface area (Å²) in [5.74, 6) is 0. The fraction of sp³-hybridized carbons (Fsp3) is 0.250. The molecule has 0 fully saturated rings. The Labute approximate surface area is 109 Å². The fourth-order valence-electron chi connectivity index (χ4n) is 1.61. The van der Waals surface area contributed by atoms with E-state index in [4.69, 9.17) is 0 Å². The molecule has 2 aromatic rings. The van der Waals surface area contributed by atoms with Crippen molar-refractivity contribution in [2.75, 3.05) is 5.32 Å². The van der Waals surface area contributed by atoms with Gasteiger partial charge in [-0.2, -0.15) is 0 Å². The average molecular weight is 263 g/mol. The van der Waals surface area contributed by atoms with Gasteiger partial charge in [0, 0.05) is 10.9 Å². The van der Waals surface area contributed by atoms with Crippen molar-refractivity contribution in [2.45, 2.75) is 20.4 Å². The van der Waals surface area contributed by atoms with Crippen molar-refractivity contribution >= 4 is 22.7 Å². The first kappa shape index (κ1) is 12.5. The van der Waals surface area contributed by atoms with Gasteiger partial charge in [0.05, 0.1) is 22.7 Å². The van der Waals surface area contributed by atoms with Gasteiger partial charge in [-0.05, 0) is 25.5 Å². The van der Waals surface area contributed by atoms with E-state index in [1.165, 1.54) is 0 Å². The predicted octanol–water partition coefficient (Wildman–Crippen LogP) is 3.28. The summed E-state index contributed by atoms with van der Waals surface area (Å²) >= 11 is 1.54. The van der Waals surface area contributed by atoms with Gasteiger partial charge in [0.1, 0.15) is 5.69 Å². The lowest BCUT2D eigenvalue weighted by Gasteiger charge is -2.06. The van der Waals surface area contributed by atoms with E-state index in [1.807, 2.05) is 19.9 Å². The molecule has 0 saturated heterocycles. The average Bonchev–Trinajstić information content (AvgIpc) is 2.73. The van der Waals surface area contributed by atoms with E-state index in [0.717, 1.165) is 16.1 Å². The van der Waals surface area contributed by atoms with E-state index in [2.05, 4.69) is 10.3 Å². The molecule has 0 amide bonds. The number of nitrogens with zero attached hydrogens (tertiary/aromatic N) is 2. The number of nitro groups is 1. The number of benzene rings is 1. The van der Waals surface area contributed by atoms with Crippen LogP contribution >= 0.6 is 11.3 Å². The molecule has 0 bridgehead atoms. The molecule has 0 saturated carbocycles. The Morgan fingerprint density at radius 1 is 1.44 bits per heavy atom. The molecule has 5 nitrogen and oxygen atoms in total. The second-order valence-corrected chi connectivity index (χ2v) is 4.93. The Morgan fingerprint density at radius 2 is 2.22 bits per heavy atom. The minimum Gasteiger partial charge on any atom is -0.375 e. The van der Waals surface area contributed by atoms with Gasteiger partial charge in [-0.1, -0.05) is 6.07 Å². The van der Waals surface area contributed by atoms with Gasteiger partial charge in [0.2, 0.25) is 0 Å². The minimum absolute atomic E-state index is 0.108. The minimum atomic E-state index is -0.366. The quantitative estimate of drug-likeness (QED) is 0.679. The van der Waals surface area contributed by atoms with Crippen LogP contribution in [-0.2, 0) is 6.54 Å². The van der Waals surface area contributed by atoms with Crippen molar-refractivity contribution in [3.05, 3.63) is 50.0 Å². The molecule has 1 aromatic heterocycles. The van der Waals surface area contributed by atoms with Crippen LogP contribution in [0, 0.1) is 24.0 Å². The number of nitrogens with one attached hydrogen (secondary N) is 1. The van der Waals surface area contributed by atoms with E-state index in [1.54, 1.807) is 29.0 Å². The van der Waals surface area contributed by atoms with E-state index >= 15 is 0 Å². The Bertz CT molecular complexity index is 580. The second-order valence-electron chi connectivity index (χ2n) is 3.99. The summed E-state index contributed by atoms with van der Waals surface area (Å²) in [6.07, 6.45) is 0. The summed E-state index contributed by atoms with van der Waals surface area (Å²) in [5.41, 5.74) is 4.26. The van der Waals surface area contributed by atoms with Crippen molar-refractivity contribution < 1.29 is 4.92 Å². The maximum atomic E-state index is 11.0. The topological polar surface area (TPSA) is 68.1 Å². The molecule has 94 valence electrons. The molecule has 0 radical (unpaired) electrons. The second kappa shape index (κ2) is 5.14. The fourth-order valence-corrected chi connectivity index (χ4v) is 2.33. The maximum Gasteiger partial charge on any atom is 0.292 e. The van der Waals surface area contributed by atoms with Crippen molar-refractivity contribution in [3.63, 3.8) is 0 Å². The molecule has 0 aliphatic carbocycles. The Morgan fingerprint density at radius 3 is 2.83 bits per heavy atom. The monoisotopic (exact) mass is 263 g/mol. The number of rotatable bonds is 4. The standard InChI is InChI=1S/C12H13N3O2S/c1-8-3-4-10(11(5-8)15(16)17)13-6-12-9(2)14-7-18-12/h3-5,7,13H,6H2,1-2H3. The first-order chi connectivity index (χ1) is 8.58. The highest BCUT2D eigenvalue weighted by atomic mass is 32.1. The lowest BCUT2D eigenvalue weighted by molar-refractivity contribution is -0.384. The van der Waals surface area contributed by atoms with Crippen LogP contribution in [-0.4, -0.2) is 9.91 Å². The van der Waals surface area contributed by atoms with Gasteiger partial charge < -0.3 is 5.32 Å². The highest BCUT2D eigenvalue weighted by Crippen LogP contribution is 2.26. The van der Waals surface area contributed by atoms with Crippen molar-refractivity contribution in [1.29, 1.82) is 0 Å². The van der Waals surface area contributed by atoms with Crippen LogP contribution in [0.3, 0.4) is 0 Å². The third kappa shape index (κ3) is 2.65. The third-order valence-electron chi connectivity index (χ3n) is 2.63. The van der Waals surface area contributed by atoms with Gasteiger partial charge >= 0.3 is 0 Å². The van der Waals surface area contributed by atoms with Gasteiger partial charge in [0.25, 0.3) is 5.69 Å². The summed E-state index contributed by atoms with van der Waals surface area (Å²) < 4.78 is 0. The van der Waals surface area contributed by atoms with Crippen molar-refractivity contribution in [1.82, 2.24) is 4.98 Å². The summed E-state index contributed by atoms with van der Waals surface area (Å²) in [7, 11) is 0. The molecule has 0 spiro atoms. The summed E-state index contributed by atoms with van der Waals surface area (Å²) in [4.78, 5) is 15.8. The van der Waals surface area contributed by atoms with E-state index < -0.39 is 0 Å². The van der Waals surface area contributed by atoms with Crippen LogP contribution in [0.2, 0.25) is 0 Å². The molecule has 0 unspecified atom stereocenters. The molecule has 1 N–H and O–H groups in total. The first-order valence-corrected chi connectivity index (χ1v) is 6.34. The number of thiazole rings is 1. The molecular weight excluding hydrogens is 250 g/mol. The lowest BCUT2D eigenvalue weighted by atomic mass is 10.2. The van der Waals surface area contributed by atoms with Gasteiger partial charge in [0.15, 0.2) is 0 Å². The number of nitro benzene ring substituents is 1.